The van der Waals surface area contributed by atoms with Crippen molar-refractivity contribution in [3.8, 4) is 0 Å². The highest BCUT2D eigenvalue weighted by atomic mass is 31.2. The van der Waals surface area contributed by atoms with Crippen molar-refractivity contribution in [3.63, 3.8) is 0 Å². The molecule has 0 fully saturated rings. The van der Waals surface area contributed by atoms with Crippen LogP contribution in [0.15, 0.2) is 24.3 Å². The van der Waals surface area contributed by atoms with Crippen molar-refractivity contribution in [2.24, 2.45) is 0 Å². The van der Waals surface area contributed by atoms with Gasteiger partial charge >= 0.3 is 0 Å². The number of nitrogens with zero attached hydrogens (tertiary/aromatic N) is 1. The summed E-state index contributed by atoms with van der Waals surface area (Å²) in [5, 5.41) is 13.8. The molecule has 0 saturated heterocycles. The fraction of sp³-hybridized carbons (Fsp3) is 0.900. The van der Waals surface area contributed by atoms with Gasteiger partial charge in [-0.2, -0.15) is 0 Å². The van der Waals surface area contributed by atoms with Crippen molar-refractivity contribution in [2.45, 2.75) is 251 Å². The normalized spacial score (nSPS) is 14.4. The molecule has 0 spiro atoms. The maximum absolute atomic E-state index is 12.9. The Morgan fingerprint density at radius 3 is 1.32 bits per heavy atom. The van der Waals surface area contributed by atoms with E-state index in [9.17, 15) is 19.4 Å². The van der Waals surface area contributed by atoms with Crippen molar-refractivity contribution < 1.29 is 32.9 Å². The Hall–Kier alpha value is -1.02. The minimum Gasteiger partial charge on any atom is -0.756 e. The predicted molar refractivity (Wildman–Crippen MR) is 252 cm³/mol. The van der Waals surface area contributed by atoms with Crippen LogP contribution in [0.2, 0.25) is 0 Å². The number of quaternary nitrogens is 1. The maximum atomic E-state index is 12.9. The topological polar surface area (TPSA) is 108 Å². The fourth-order valence-corrected chi connectivity index (χ4v) is 8.11. The predicted octanol–water partition coefficient (Wildman–Crippen LogP) is 13.8. The standard InChI is InChI=1S/C50H99N2O6P/c1-6-8-10-12-14-16-18-20-22-24-25-26-27-28-29-31-33-35-37-39-41-43-49(53)48(47-58-59(55,56)57-46-45-52(3,4)5)51-50(54)44-42-40-38-36-34-32-30-23-21-19-17-15-13-11-9-7-2/h23,30,41,43,48-49,53H,6-22,24-29,31-40,42,44-47H2,1-5H3,(H-,51,54,55,56)/b30-23-,43-41+. The smallest absolute Gasteiger partial charge is 0.268 e. The van der Waals surface area contributed by atoms with Crippen LogP contribution in [-0.2, 0) is 18.4 Å². The zero-order valence-electron chi connectivity index (χ0n) is 39.7. The van der Waals surface area contributed by atoms with Crippen LogP contribution >= 0.6 is 7.82 Å². The van der Waals surface area contributed by atoms with Gasteiger partial charge in [-0.15, -0.1) is 0 Å². The highest BCUT2D eigenvalue weighted by Crippen LogP contribution is 2.38. The zero-order chi connectivity index (χ0) is 43.6. The molecule has 0 aliphatic heterocycles. The zero-order valence-corrected chi connectivity index (χ0v) is 40.6. The first-order chi connectivity index (χ1) is 28.5. The number of hydrogen-bond donors (Lipinski definition) is 2. The molecule has 0 saturated carbocycles. The molecule has 0 aliphatic carbocycles. The van der Waals surface area contributed by atoms with E-state index in [1.54, 1.807) is 6.08 Å². The molecule has 0 aromatic heterocycles. The lowest BCUT2D eigenvalue weighted by Crippen LogP contribution is -2.45. The first kappa shape index (κ1) is 58.0. The van der Waals surface area contributed by atoms with Crippen LogP contribution in [0.3, 0.4) is 0 Å². The molecule has 0 radical (unpaired) electrons. The molecular weight excluding hydrogens is 756 g/mol. The Bertz CT molecular complexity index is 1020. The van der Waals surface area contributed by atoms with Crippen molar-refractivity contribution in [1.82, 2.24) is 5.32 Å². The number of aliphatic hydroxyl groups excluding tert-OH is 1. The van der Waals surface area contributed by atoms with Gasteiger partial charge in [0.25, 0.3) is 7.82 Å². The lowest BCUT2D eigenvalue weighted by atomic mass is 10.0. The van der Waals surface area contributed by atoms with E-state index in [4.69, 9.17) is 9.05 Å². The van der Waals surface area contributed by atoms with Gasteiger partial charge < -0.3 is 28.8 Å². The molecule has 1 amide bonds. The Morgan fingerprint density at radius 1 is 0.576 bits per heavy atom. The van der Waals surface area contributed by atoms with Gasteiger partial charge in [-0.1, -0.05) is 212 Å². The second-order valence-electron chi connectivity index (χ2n) is 18.5. The third-order valence-corrected chi connectivity index (χ3v) is 12.4. The van der Waals surface area contributed by atoms with Crippen LogP contribution in [-0.4, -0.2) is 68.5 Å². The summed E-state index contributed by atoms with van der Waals surface area (Å²) in [6.45, 7) is 4.66. The quantitative estimate of drug-likeness (QED) is 0.0273. The molecule has 2 N–H and O–H groups in total. The summed E-state index contributed by atoms with van der Waals surface area (Å²) >= 11 is 0. The van der Waals surface area contributed by atoms with Crippen molar-refractivity contribution in [2.75, 3.05) is 40.9 Å². The molecule has 3 unspecified atom stereocenters. The van der Waals surface area contributed by atoms with Crippen LogP contribution < -0.4 is 10.2 Å². The molecule has 0 bridgehead atoms. The average Bonchev–Trinajstić information content (AvgIpc) is 3.19. The fourth-order valence-electron chi connectivity index (χ4n) is 7.38. The summed E-state index contributed by atoms with van der Waals surface area (Å²) in [6, 6.07) is -0.888. The van der Waals surface area contributed by atoms with Gasteiger partial charge in [-0.3, -0.25) is 9.36 Å². The number of unbranched alkanes of at least 4 members (excludes halogenated alkanes) is 31. The molecule has 0 aromatic carbocycles. The number of likely N-dealkylation sites (N-methyl/N-ethyl adjacent to an activating group) is 1. The van der Waals surface area contributed by atoms with Gasteiger partial charge in [0.2, 0.25) is 5.91 Å². The summed E-state index contributed by atoms with van der Waals surface area (Å²) in [7, 11) is 1.26. The molecule has 350 valence electrons. The number of hydrogen-bond acceptors (Lipinski definition) is 6. The molecule has 59 heavy (non-hydrogen) atoms. The summed E-state index contributed by atoms with van der Waals surface area (Å²) in [4.78, 5) is 25.4. The third-order valence-electron chi connectivity index (χ3n) is 11.4. The average molecular weight is 855 g/mol. The van der Waals surface area contributed by atoms with E-state index in [-0.39, 0.29) is 19.1 Å². The third kappa shape index (κ3) is 44.8. The highest BCUT2D eigenvalue weighted by molar-refractivity contribution is 7.45. The van der Waals surface area contributed by atoms with Crippen molar-refractivity contribution in [1.29, 1.82) is 0 Å². The number of aliphatic hydroxyl groups is 1. The minimum absolute atomic E-state index is 0.00125. The number of phosphoric ester groups is 1. The first-order valence-electron chi connectivity index (χ1n) is 25.2. The van der Waals surface area contributed by atoms with Gasteiger partial charge in [-0.05, 0) is 44.9 Å². The van der Waals surface area contributed by atoms with Crippen LogP contribution in [0.25, 0.3) is 0 Å². The Labute approximate surface area is 366 Å². The van der Waals surface area contributed by atoms with Gasteiger partial charge in [0.05, 0.1) is 39.9 Å². The summed E-state index contributed by atoms with van der Waals surface area (Å²) in [5.41, 5.74) is 0. The van der Waals surface area contributed by atoms with Gasteiger partial charge in [0, 0.05) is 6.42 Å². The van der Waals surface area contributed by atoms with Crippen LogP contribution in [0.5, 0.6) is 0 Å². The Morgan fingerprint density at radius 2 is 0.932 bits per heavy atom. The SMILES string of the molecule is CCCCCCCCC/C=C\CCCCCCCC(=O)NC(COP(=O)([O-])OCC[N+](C)(C)C)C(O)/C=C/CCCCCCCCCCCCCCCCCCCCC. The highest BCUT2D eigenvalue weighted by Gasteiger charge is 2.23. The number of nitrogens with one attached hydrogen (secondary N) is 1. The van der Waals surface area contributed by atoms with Crippen molar-refractivity contribution >= 4 is 13.7 Å². The molecule has 0 rings (SSSR count). The van der Waals surface area contributed by atoms with Crippen LogP contribution in [0.4, 0.5) is 0 Å². The molecule has 9 heteroatoms. The molecule has 3 atom stereocenters. The van der Waals surface area contributed by atoms with E-state index in [0.29, 0.717) is 17.4 Å². The largest absolute Gasteiger partial charge is 0.756 e. The number of amides is 1. The second kappa shape index (κ2) is 42.3. The number of allylic oxidation sites excluding steroid dienone is 3. The Balaban J connectivity index is 4.32. The van der Waals surface area contributed by atoms with E-state index in [1.807, 2.05) is 27.2 Å². The number of carbonyl (C=O) groups excluding carboxylic acids is 1. The van der Waals surface area contributed by atoms with Gasteiger partial charge in [-0.25, -0.2) is 0 Å². The Kier molecular flexibility index (Phi) is 41.6. The van der Waals surface area contributed by atoms with E-state index < -0.39 is 20.0 Å². The van der Waals surface area contributed by atoms with E-state index in [1.165, 1.54) is 167 Å². The van der Waals surface area contributed by atoms with Gasteiger partial charge in [0.15, 0.2) is 0 Å². The number of rotatable bonds is 46. The summed E-state index contributed by atoms with van der Waals surface area (Å²) in [6.07, 6.45) is 50.8. The van der Waals surface area contributed by atoms with Crippen LogP contribution in [0.1, 0.15) is 239 Å². The lowest BCUT2D eigenvalue weighted by molar-refractivity contribution is -0.870. The van der Waals surface area contributed by atoms with E-state index in [2.05, 4.69) is 31.3 Å². The maximum Gasteiger partial charge on any atom is 0.268 e. The minimum atomic E-state index is -4.59. The monoisotopic (exact) mass is 855 g/mol. The molecule has 0 aliphatic rings. The second-order valence-corrected chi connectivity index (χ2v) is 19.9. The van der Waals surface area contributed by atoms with E-state index in [0.717, 1.165) is 51.4 Å². The van der Waals surface area contributed by atoms with Crippen molar-refractivity contribution in [3.05, 3.63) is 24.3 Å². The number of phosphoric acid groups is 1. The summed E-state index contributed by atoms with van der Waals surface area (Å²) < 4.78 is 23.3. The van der Waals surface area contributed by atoms with Gasteiger partial charge in [0.1, 0.15) is 13.2 Å². The summed E-state index contributed by atoms with van der Waals surface area (Å²) in [5.74, 6) is -0.204. The number of carbonyl (C=O) groups is 1. The first-order valence-corrected chi connectivity index (χ1v) is 26.7. The van der Waals surface area contributed by atoms with Crippen LogP contribution in [0, 0.1) is 0 Å². The molecule has 8 nitrogen and oxygen atoms in total. The molecular formula is C50H99N2O6P. The molecule has 0 heterocycles. The molecule has 0 aromatic rings. The lowest BCUT2D eigenvalue weighted by Gasteiger charge is -2.29. The van der Waals surface area contributed by atoms with E-state index >= 15 is 0 Å².